The monoisotopic (exact) mass is 409 g/mol. The fraction of sp³-hybridized carbons (Fsp3) is 0.348. The van der Waals surface area contributed by atoms with E-state index in [4.69, 9.17) is 4.74 Å². The van der Waals surface area contributed by atoms with Gasteiger partial charge in [-0.3, -0.25) is 25.2 Å². The molecular formula is C23H27N3O4. The zero-order chi connectivity index (χ0) is 21.8. The van der Waals surface area contributed by atoms with Crippen LogP contribution in [-0.4, -0.2) is 23.8 Å². The van der Waals surface area contributed by atoms with E-state index >= 15 is 0 Å². The maximum Gasteiger partial charge on any atom is 0.279 e. The third-order valence-electron chi connectivity index (χ3n) is 5.39. The molecular weight excluding hydrogens is 382 g/mol. The number of carbonyl (C=O) groups is 3. The van der Waals surface area contributed by atoms with E-state index in [0.717, 1.165) is 17.5 Å². The molecule has 158 valence electrons. The lowest BCUT2D eigenvalue weighted by Crippen LogP contribution is -2.47. The predicted octanol–water partition coefficient (Wildman–Crippen LogP) is 3.13. The van der Waals surface area contributed by atoms with E-state index in [1.165, 1.54) is 0 Å². The Balaban J connectivity index is 1.48. The van der Waals surface area contributed by atoms with Crippen LogP contribution < -0.4 is 20.9 Å². The topological polar surface area (TPSA) is 96.5 Å². The van der Waals surface area contributed by atoms with Crippen LogP contribution in [0.3, 0.4) is 0 Å². The minimum atomic E-state index is -0.784. The van der Waals surface area contributed by atoms with E-state index in [9.17, 15) is 14.4 Å². The van der Waals surface area contributed by atoms with E-state index in [0.29, 0.717) is 22.9 Å². The van der Waals surface area contributed by atoms with Crippen molar-refractivity contribution in [1.82, 2.24) is 10.9 Å². The molecule has 7 nitrogen and oxygen atoms in total. The van der Waals surface area contributed by atoms with E-state index in [1.807, 2.05) is 32.9 Å². The number of aryl methyl sites for hydroxylation is 1. The maximum absolute atomic E-state index is 12.3. The minimum absolute atomic E-state index is 0.00444. The summed E-state index contributed by atoms with van der Waals surface area (Å²) in [7, 11) is 0. The number of rotatable bonds is 6. The Kier molecular flexibility index (Phi) is 6.40. The van der Waals surface area contributed by atoms with Crippen molar-refractivity contribution in [2.45, 2.75) is 40.2 Å². The predicted molar refractivity (Wildman–Crippen MR) is 114 cm³/mol. The van der Waals surface area contributed by atoms with Gasteiger partial charge in [0.25, 0.3) is 11.8 Å². The van der Waals surface area contributed by atoms with E-state index < -0.39 is 17.9 Å². The zero-order valence-electron chi connectivity index (χ0n) is 17.6. The molecule has 3 unspecified atom stereocenters. The summed E-state index contributed by atoms with van der Waals surface area (Å²) in [5, 5.41) is 2.84. The molecule has 1 aliphatic carbocycles. The second kappa shape index (κ2) is 8.98. The lowest BCUT2D eigenvalue weighted by atomic mass is 10.1. The lowest BCUT2D eigenvalue weighted by Gasteiger charge is -2.17. The number of hydrogen-bond acceptors (Lipinski definition) is 4. The number of carbonyl (C=O) groups excluding carboxylic acids is 3. The number of benzene rings is 2. The Morgan fingerprint density at radius 3 is 2.33 bits per heavy atom. The fourth-order valence-electron chi connectivity index (χ4n) is 3.02. The molecule has 0 bridgehead atoms. The zero-order valence-corrected chi connectivity index (χ0v) is 17.6. The van der Waals surface area contributed by atoms with Gasteiger partial charge in [0.05, 0.1) is 0 Å². The standard InChI is InChI=1S/C23H27N3O4/c1-13-6-5-7-20(15(13)3)30-16(4)21(27)25-26-22(28)17-8-10-18(11-9-17)24-23(29)19-12-14(19)2/h5-11,14,16,19H,12H2,1-4H3,(H,24,29)(H,25,27)(H,26,28). The Hall–Kier alpha value is -3.35. The van der Waals surface area contributed by atoms with E-state index in [-0.39, 0.29) is 11.8 Å². The largest absolute Gasteiger partial charge is 0.481 e. The summed E-state index contributed by atoms with van der Waals surface area (Å²) in [4.78, 5) is 36.5. The summed E-state index contributed by atoms with van der Waals surface area (Å²) in [5.41, 5.74) is 7.78. The first kappa shape index (κ1) is 21.4. The Bertz CT molecular complexity index is 955. The molecule has 30 heavy (non-hydrogen) atoms. The van der Waals surface area contributed by atoms with Gasteiger partial charge in [-0.05, 0) is 74.6 Å². The number of hydrogen-bond donors (Lipinski definition) is 3. The van der Waals surface area contributed by atoms with E-state index in [1.54, 1.807) is 37.3 Å². The van der Waals surface area contributed by atoms with Crippen LogP contribution in [0.1, 0.15) is 41.8 Å². The smallest absolute Gasteiger partial charge is 0.279 e. The quantitative estimate of drug-likeness (QED) is 0.639. The summed E-state index contributed by atoms with van der Waals surface area (Å²) in [5.74, 6) is 0.213. The van der Waals surface area contributed by atoms with Gasteiger partial charge in [0, 0.05) is 17.2 Å². The summed E-state index contributed by atoms with van der Waals surface area (Å²) in [6.45, 7) is 7.55. The molecule has 0 aliphatic heterocycles. The summed E-state index contributed by atoms with van der Waals surface area (Å²) < 4.78 is 5.71. The van der Waals surface area contributed by atoms with Gasteiger partial charge in [0.2, 0.25) is 5.91 Å². The van der Waals surface area contributed by atoms with Gasteiger partial charge < -0.3 is 10.1 Å². The highest BCUT2D eigenvalue weighted by molar-refractivity contribution is 5.97. The number of nitrogens with one attached hydrogen (secondary N) is 3. The van der Waals surface area contributed by atoms with Crippen molar-refractivity contribution in [1.29, 1.82) is 0 Å². The third-order valence-corrected chi connectivity index (χ3v) is 5.39. The summed E-state index contributed by atoms with van der Waals surface area (Å²) >= 11 is 0. The van der Waals surface area contributed by atoms with Gasteiger partial charge >= 0.3 is 0 Å². The van der Waals surface area contributed by atoms with Gasteiger partial charge in [-0.1, -0.05) is 19.1 Å². The Labute approximate surface area is 176 Å². The van der Waals surface area contributed by atoms with Gasteiger partial charge in [-0.2, -0.15) is 0 Å². The van der Waals surface area contributed by atoms with Crippen LogP contribution >= 0.6 is 0 Å². The molecule has 1 saturated carbocycles. The number of amides is 3. The number of anilines is 1. The van der Waals surface area contributed by atoms with Crippen LogP contribution in [0.25, 0.3) is 0 Å². The van der Waals surface area contributed by atoms with Crippen LogP contribution in [0.5, 0.6) is 5.75 Å². The molecule has 0 spiro atoms. The first-order valence-corrected chi connectivity index (χ1v) is 10.00. The van der Waals surface area contributed by atoms with Crippen LogP contribution in [0.4, 0.5) is 5.69 Å². The van der Waals surface area contributed by atoms with Crippen molar-refractivity contribution < 1.29 is 19.1 Å². The Morgan fingerprint density at radius 1 is 1.03 bits per heavy atom. The molecule has 2 aromatic rings. The first-order chi connectivity index (χ1) is 14.3. The van der Waals surface area contributed by atoms with Crippen molar-refractivity contribution in [3.05, 3.63) is 59.2 Å². The van der Waals surface area contributed by atoms with Gasteiger partial charge in [0.1, 0.15) is 5.75 Å². The highest BCUT2D eigenvalue weighted by Crippen LogP contribution is 2.38. The second-order valence-corrected chi connectivity index (χ2v) is 7.79. The molecule has 3 amide bonds. The highest BCUT2D eigenvalue weighted by atomic mass is 16.5. The van der Waals surface area contributed by atoms with Crippen molar-refractivity contribution in [3.63, 3.8) is 0 Å². The second-order valence-electron chi connectivity index (χ2n) is 7.79. The SMILES string of the molecule is Cc1cccc(OC(C)C(=O)NNC(=O)c2ccc(NC(=O)C3CC3C)cc2)c1C. The number of ether oxygens (including phenoxy) is 1. The van der Waals surface area contributed by atoms with Crippen LogP contribution in [0, 0.1) is 25.7 Å². The molecule has 3 N–H and O–H groups in total. The van der Waals surface area contributed by atoms with Crippen molar-refractivity contribution >= 4 is 23.4 Å². The lowest BCUT2D eigenvalue weighted by molar-refractivity contribution is -0.128. The van der Waals surface area contributed by atoms with Crippen LogP contribution in [-0.2, 0) is 9.59 Å². The normalized spacial score (nSPS) is 18.1. The number of hydrazine groups is 1. The van der Waals surface area contributed by atoms with Gasteiger partial charge in [-0.15, -0.1) is 0 Å². The molecule has 3 atom stereocenters. The molecule has 0 radical (unpaired) electrons. The third kappa shape index (κ3) is 5.17. The molecule has 2 aromatic carbocycles. The fourth-order valence-corrected chi connectivity index (χ4v) is 3.02. The molecule has 1 fully saturated rings. The van der Waals surface area contributed by atoms with Crippen molar-refractivity contribution in [2.75, 3.05) is 5.32 Å². The van der Waals surface area contributed by atoms with Crippen molar-refractivity contribution in [2.24, 2.45) is 11.8 Å². The van der Waals surface area contributed by atoms with E-state index in [2.05, 4.69) is 16.2 Å². The van der Waals surface area contributed by atoms with Crippen LogP contribution in [0.2, 0.25) is 0 Å². The Morgan fingerprint density at radius 2 is 1.70 bits per heavy atom. The highest BCUT2D eigenvalue weighted by Gasteiger charge is 2.39. The van der Waals surface area contributed by atoms with Gasteiger partial charge in [0.15, 0.2) is 6.10 Å². The van der Waals surface area contributed by atoms with Crippen molar-refractivity contribution in [3.8, 4) is 5.75 Å². The molecule has 0 aromatic heterocycles. The molecule has 3 rings (SSSR count). The van der Waals surface area contributed by atoms with Gasteiger partial charge in [-0.25, -0.2) is 0 Å². The maximum atomic E-state index is 12.3. The molecule has 7 heteroatoms. The summed E-state index contributed by atoms with van der Waals surface area (Å²) in [6, 6.07) is 12.1. The van der Waals surface area contributed by atoms with Crippen LogP contribution in [0.15, 0.2) is 42.5 Å². The first-order valence-electron chi connectivity index (χ1n) is 10.00. The molecule has 0 heterocycles. The summed E-state index contributed by atoms with van der Waals surface area (Å²) in [6.07, 6.45) is 0.130. The molecule has 1 aliphatic rings. The molecule has 0 saturated heterocycles. The average molecular weight is 409 g/mol. The minimum Gasteiger partial charge on any atom is -0.481 e. The average Bonchev–Trinajstić information content (AvgIpc) is 3.46.